The molecule has 0 saturated carbocycles. The maximum atomic E-state index is 15.4. The molecule has 5 rings (SSSR count). The number of nitrogens with one attached hydrogen (secondary N) is 2. The number of rotatable bonds is 6. The zero-order valence-corrected chi connectivity index (χ0v) is 20.5. The van der Waals surface area contributed by atoms with Crippen LogP contribution in [0.2, 0.25) is 0 Å². The Morgan fingerprint density at radius 3 is 2.58 bits per heavy atom. The number of fused-ring (bicyclic) bond motifs is 1. The molecule has 8 nitrogen and oxygen atoms in total. The molecule has 0 bridgehead atoms. The van der Waals surface area contributed by atoms with Gasteiger partial charge in [-0.05, 0) is 32.4 Å². The van der Waals surface area contributed by atoms with Crippen LogP contribution in [0, 0.1) is 5.82 Å². The number of piperidine rings is 1. The molecule has 3 atom stereocenters. The molecule has 3 amide bonds. The van der Waals surface area contributed by atoms with Gasteiger partial charge >= 0.3 is 0 Å². The number of hydrogen-bond donors (Lipinski definition) is 2. The summed E-state index contributed by atoms with van der Waals surface area (Å²) in [5.41, 5.74) is 2.81. The van der Waals surface area contributed by atoms with E-state index < -0.39 is 23.7 Å². The van der Waals surface area contributed by atoms with Gasteiger partial charge in [0.25, 0.3) is 5.91 Å². The Balaban J connectivity index is 1.31. The maximum Gasteiger partial charge on any atom is 0.255 e. The van der Waals surface area contributed by atoms with E-state index in [0.29, 0.717) is 34.5 Å². The fourth-order valence-corrected chi connectivity index (χ4v) is 5.32. The first-order chi connectivity index (χ1) is 17.7. The summed E-state index contributed by atoms with van der Waals surface area (Å²) >= 11 is 0. The van der Waals surface area contributed by atoms with Gasteiger partial charge in [-0.25, -0.2) is 4.39 Å². The SMILES string of the molecule is [2H][C@@]1(N2Cc3c(NCc4cccc(CN5CC(C)OC(C)C5)c4F)cccc3C2=O)CCC(=O)NC1=O. The predicted molar refractivity (Wildman–Crippen MR) is 131 cm³/mol. The fraction of sp³-hybridized carbons (Fsp3) is 0.444. The molecule has 0 radical (unpaired) electrons. The first-order valence-electron chi connectivity index (χ1n) is 12.8. The summed E-state index contributed by atoms with van der Waals surface area (Å²) < 4.78 is 29.9. The summed E-state index contributed by atoms with van der Waals surface area (Å²) in [6, 6.07) is 8.70. The molecule has 3 aliphatic rings. The largest absolute Gasteiger partial charge is 0.381 e. The van der Waals surface area contributed by atoms with Crippen molar-refractivity contribution in [3.8, 4) is 0 Å². The van der Waals surface area contributed by atoms with E-state index in [9.17, 15) is 14.4 Å². The molecule has 2 N–H and O–H groups in total. The molecule has 3 heterocycles. The Morgan fingerprint density at radius 1 is 1.11 bits per heavy atom. The van der Waals surface area contributed by atoms with Crippen molar-refractivity contribution in [2.45, 2.75) is 64.5 Å². The monoisotopic (exact) mass is 495 g/mol. The number of morpholine rings is 1. The summed E-state index contributed by atoms with van der Waals surface area (Å²) in [4.78, 5) is 40.6. The minimum absolute atomic E-state index is 0.00162. The van der Waals surface area contributed by atoms with Gasteiger partial charge in [0.2, 0.25) is 11.8 Å². The van der Waals surface area contributed by atoms with Crippen molar-refractivity contribution in [3.05, 3.63) is 64.5 Å². The highest BCUT2D eigenvalue weighted by Gasteiger charge is 2.39. The number of benzene rings is 2. The molecule has 0 spiro atoms. The fourth-order valence-electron chi connectivity index (χ4n) is 5.32. The number of anilines is 1. The van der Waals surface area contributed by atoms with Gasteiger partial charge in [-0.15, -0.1) is 0 Å². The van der Waals surface area contributed by atoms with Crippen molar-refractivity contribution < 1.29 is 24.9 Å². The third-order valence-electron chi connectivity index (χ3n) is 6.91. The van der Waals surface area contributed by atoms with Crippen LogP contribution < -0.4 is 10.6 Å². The van der Waals surface area contributed by atoms with E-state index in [1.54, 1.807) is 30.3 Å². The first kappa shape index (κ1) is 23.1. The van der Waals surface area contributed by atoms with Crippen LogP contribution in [0.4, 0.5) is 10.1 Å². The minimum Gasteiger partial charge on any atom is -0.381 e. The van der Waals surface area contributed by atoms with Crippen LogP contribution in [0.3, 0.4) is 0 Å². The minimum atomic E-state index is -1.85. The third kappa shape index (κ3) is 4.85. The second-order valence-corrected chi connectivity index (χ2v) is 9.74. The van der Waals surface area contributed by atoms with E-state index in [0.717, 1.165) is 13.1 Å². The van der Waals surface area contributed by atoms with Gasteiger partial charge < -0.3 is 15.0 Å². The summed E-state index contributed by atoms with van der Waals surface area (Å²) in [5, 5.41) is 5.43. The smallest absolute Gasteiger partial charge is 0.255 e. The summed E-state index contributed by atoms with van der Waals surface area (Å²) in [6.45, 7) is 6.30. The Morgan fingerprint density at radius 2 is 1.83 bits per heavy atom. The normalized spacial score (nSPS) is 27.0. The van der Waals surface area contributed by atoms with Gasteiger partial charge in [0, 0.05) is 67.1 Å². The molecule has 3 aliphatic heterocycles. The maximum absolute atomic E-state index is 15.4. The zero-order chi connectivity index (χ0) is 26.3. The molecule has 2 aromatic rings. The first-order valence-corrected chi connectivity index (χ1v) is 12.3. The van der Waals surface area contributed by atoms with Crippen LogP contribution in [-0.2, 0) is 34.0 Å². The number of carbonyl (C=O) groups is 3. The summed E-state index contributed by atoms with van der Waals surface area (Å²) in [7, 11) is 0. The second kappa shape index (κ2) is 9.99. The second-order valence-electron chi connectivity index (χ2n) is 9.74. The number of amides is 3. The average molecular weight is 496 g/mol. The van der Waals surface area contributed by atoms with Crippen LogP contribution >= 0.6 is 0 Å². The zero-order valence-electron chi connectivity index (χ0n) is 21.5. The quantitative estimate of drug-likeness (QED) is 0.599. The number of halogens is 1. The molecule has 0 aromatic heterocycles. The van der Waals surface area contributed by atoms with Gasteiger partial charge in [0.05, 0.1) is 13.6 Å². The Hall–Kier alpha value is -3.30. The van der Waals surface area contributed by atoms with Crippen LogP contribution in [-0.4, -0.2) is 58.8 Å². The average Bonchev–Trinajstić information content (AvgIpc) is 3.19. The number of nitrogens with zero attached hydrogens (tertiary/aromatic N) is 2. The van der Waals surface area contributed by atoms with Crippen molar-refractivity contribution in [3.63, 3.8) is 0 Å². The number of hydrogen-bond acceptors (Lipinski definition) is 6. The Kier molecular flexibility index (Phi) is 6.41. The van der Waals surface area contributed by atoms with Crippen molar-refractivity contribution in [1.82, 2.24) is 15.1 Å². The Bertz CT molecular complexity index is 1250. The van der Waals surface area contributed by atoms with Gasteiger partial charge in [0.15, 0.2) is 0 Å². The van der Waals surface area contributed by atoms with Crippen LogP contribution in [0.1, 0.15) is 55.1 Å². The molecular formula is C27H31FN4O4. The van der Waals surface area contributed by atoms with Gasteiger partial charge in [0.1, 0.15) is 11.8 Å². The highest BCUT2D eigenvalue weighted by Crippen LogP contribution is 2.32. The molecule has 2 fully saturated rings. The van der Waals surface area contributed by atoms with Gasteiger partial charge in [-0.1, -0.05) is 24.3 Å². The van der Waals surface area contributed by atoms with Crippen molar-refractivity contribution in [1.29, 1.82) is 0 Å². The van der Waals surface area contributed by atoms with E-state index >= 15 is 4.39 Å². The van der Waals surface area contributed by atoms with Crippen LogP contribution in [0.5, 0.6) is 0 Å². The standard InChI is InChI=1S/C27H31FN4O4/c1-16-12-31(13-17(2)36-16)14-19-6-3-5-18(25(19)28)11-29-22-8-4-7-20-21(22)15-32(27(20)35)23-9-10-24(33)30-26(23)34/h3-8,16-17,23,29H,9-15H2,1-2H3,(H,30,33,34)/t16?,17?,23-/m1/s1/i23D. The lowest BCUT2D eigenvalue weighted by Gasteiger charge is -2.35. The molecular weight excluding hydrogens is 463 g/mol. The predicted octanol–water partition coefficient (Wildman–Crippen LogP) is 2.81. The number of ether oxygens (including phenoxy) is 1. The van der Waals surface area contributed by atoms with Crippen LogP contribution in [0.25, 0.3) is 0 Å². The van der Waals surface area contributed by atoms with E-state index in [4.69, 9.17) is 6.11 Å². The molecule has 2 saturated heterocycles. The van der Waals surface area contributed by atoms with Crippen molar-refractivity contribution in [2.75, 3.05) is 18.4 Å². The summed E-state index contributed by atoms with van der Waals surface area (Å²) in [6.07, 6.45) is 0.140. The molecule has 190 valence electrons. The molecule has 2 aromatic carbocycles. The number of carbonyl (C=O) groups excluding carboxylic acids is 3. The van der Waals surface area contributed by atoms with Crippen molar-refractivity contribution >= 4 is 23.4 Å². The topological polar surface area (TPSA) is 91.0 Å². The van der Waals surface area contributed by atoms with Crippen LogP contribution in [0.15, 0.2) is 36.4 Å². The molecule has 9 heteroatoms. The molecule has 0 aliphatic carbocycles. The van der Waals surface area contributed by atoms with Crippen molar-refractivity contribution in [2.24, 2.45) is 0 Å². The van der Waals surface area contributed by atoms with E-state index in [2.05, 4.69) is 15.5 Å². The Labute approximate surface area is 211 Å². The molecule has 2 unspecified atom stereocenters. The lowest BCUT2D eigenvalue weighted by molar-refractivity contribution is -0.136. The lowest BCUT2D eigenvalue weighted by Crippen LogP contribution is -2.52. The third-order valence-corrected chi connectivity index (χ3v) is 6.91. The van der Waals surface area contributed by atoms with E-state index in [1.807, 2.05) is 19.9 Å². The van der Waals surface area contributed by atoms with Gasteiger partial charge in [-0.2, -0.15) is 0 Å². The number of imide groups is 1. The lowest BCUT2D eigenvalue weighted by atomic mass is 10.0. The summed E-state index contributed by atoms with van der Waals surface area (Å²) in [5.74, 6) is -1.93. The van der Waals surface area contributed by atoms with Gasteiger partial charge in [-0.3, -0.25) is 24.6 Å². The molecule has 36 heavy (non-hydrogen) atoms. The highest BCUT2D eigenvalue weighted by atomic mass is 19.1. The highest BCUT2D eigenvalue weighted by molar-refractivity contribution is 6.06. The van der Waals surface area contributed by atoms with E-state index in [-0.39, 0.29) is 44.0 Å². The van der Waals surface area contributed by atoms with E-state index in [1.165, 1.54) is 4.90 Å².